The van der Waals surface area contributed by atoms with Crippen LogP contribution in [0.1, 0.15) is 62.3 Å². The zero-order valence-electron chi connectivity index (χ0n) is 17.2. The predicted molar refractivity (Wildman–Crippen MR) is 96.7 cm³/mol. The molecule has 0 radical (unpaired) electrons. The quantitative estimate of drug-likeness (QED) is 0.192. The fourth-order valence-electron chi connectivity index (χ4n) is 3.02. The van der Waals surface area contributed by atoms with Gasteiger partial charge < -0.3 is 51.8 Å². The first-order chi connectivity index (χ1) is 11.4. The normalized spacial score (nSPS) is 13.5. The summed E-state index contributed by atoms with van der Waals surface area (Å²) in [5.74, 6) is 0. The molecule has 28 heavy (non-hydrogen) atoms. The van der Waals surface area contributed by atoms with Crippen LogP contribution < -0.4 is 0 Å². The van der Waals surface area contributed by atoms with Gasteiger partial charge in [0.1, 0.15) is 0 Å². The monoisotopic (exact) mass is 463 g/mol. The summed E-state index contributed by atoms with van der Waals surface area (Å²) in [6.07, 6.45) is 0. The Kier molecular flexibility index (Phi) is 14.9. The molecule has 0 heterocycles. The van der Waals surface area contributed by atoms with E-state index in [-0.39, 0.29) is 7.92 Å². The third-order valence-corrected chi connectivity index (χ3v) is 6.04. The predicted octanol–water partition coefficient (Wildman–Crippen LogP) is 8.76. The summed E-state index contributed by atoms with van der Waals surface area (Å²) in [6.45, 7) is 21.5. The SMILES string of the molecule is CC(C)(C)P(C(C)(C)C)C(C)(C)C.F[B-](F)(F)F.F[B-](F)(F)F.F[B-](F)(F)F. The van der Waals surface area contributed by atoms with Crippen molar-refractivity contribution in [3.8, 4) is 0 Å². The van der Waals surface area contributed by atoms with E-state index in [1.807, 2.05) is 0 Å². The van der Waals surface area contributed by atoms with Gasteiger partial charge in [-0.3, -0.25) is 0 Å². The first-order valence-corrected chi connectivity index (χ1v) is 9.13. The van der Waals surface area contributed by atoms with Crippen molar-refractivity contribution >= 4 is 29.7 Å². The smallest absolute Gasteiger partial charge is 0.418 e. The van der Waals surface area contributed by atoms with E-state index in [9.17, 15) is 51.8 Å². The molecule has 0 aliphatic heterocycles. The molecule has 0 atom stereocenters. The first-order valence-electron chi connectivity index (χ1n) is 7.79. The lowest BCUT2D eigenvalue weighted by atomic mass is 10.2. The van der Waals surface area contributed by atoms with Crippen LogP contribution >= 0.6 is 7.92 Å². The number of hydrogen-bond acceptors (Lipinski definition) is 0. The van der Waals surface area contributed by atoms with Crippen LogP contribution in [0.4, 0.5) is 51.8 Å². The standard InChI is InChI=1S/C12H27P.3BF4/c1-10(2,3)13(11(4,5)6)12(7,8)9;3*2-1(3,4)5/h1-9H3;;;/q;3*-1. The van der Waals surface area contributed by atoms with Crippen LogP contribution in [0, 0.1) is 0 Å². The minimum Gasteiger partial charge on any atom is -0.418 e. The Hall–Kier alpha value is -0.215. The molecule has 0 N–H and O–H groups in total. The second kappa shape index (κ2) is 11.8. The van der Waals surface area contributed by atoms with Crippen molar-refractivity contribution in [3.63, 3.8) is 0 Å². The van der Waals surface area contributed by atoms with Crippen molar-refractivity contribution in [2.24, 2.45) is 0 Å². The van der Waals surface area contributed by atoms with Gasteiger partial charge >= 0.3 is 21.8 Å². The van der Waals surface area contributed by atoms with Crippen LogP contribution in [-0.2, 0) is 0 Å². The largest absolute Gasteiger partial charge is 0.673 e. The summed E-state index contributed by atoms with van der Waals surface area (Å²) in [4.78, 5) is 0. The highest BCUT2D eigenvalue weighted by Crippen LogP contribution is 2.66. The minimum absolute atomic E-state index is 0.0162. The highest BCUT2D eigenvalue weighted by atomic mass is 31.1. The Morgan fingerprint density at radius 2 is 0.429 bits per heavy atom. The highest BCUT2D eigenvalue weighted by Gasteiger charge is 2.41. The Labute approximate surface area is 160 Å². The van der Waals surface area contributed by atoms with Gasteiger partial charge in [0.25, 0.3) is 0 Å². The van der Waals surface area contributed by atoms with Gasteiger partial charge in [0.15, 0.2) is 0 Å². The third kappa shape index (κ3) is 50.1. The van der Waals surface area contributed by atoms with Crippen molar-refractivity contribution in [1.29, 1.82) is 0 Å². The maximum atomic E-state index is 9.75. The van der Waals surface area contributed by atoms with Crippen molar-refractivity contribution in [2.45, 2.75) is 77.8 Å². The molecule has 0 spiro atoms. The van der Waals surface area contributed by atoms with Gasteiger partial charge in [-0.05, 0) is 15.5 Å². The molecule has 0 aromatic heterocycles. The van der Waals surface area contributed by atoms with Gasteiger partial charge in [-0.2, -0.15) is 0 Å². The molecule has 0 amide bonds. The number of hydrogen-bond donors (Lipinski definition) is 0. The molecule has 176 valence electrons. The van der Waals surface area contributed by atoms with Crippen LogP contribution in [0.2, 0.25) is 0 Å². The Morgan fingerprint density at radius 1 is 0.357 bits per heavy atom. The average molecular weight is 463 g/mol. The van der Waals surface area contributed by atoms with E-state index in [0.29, 0.717) is 15.5 Å². The molecule has 0 saturated carbocycles. The molecule has 0 aromatic carbocycles. The van der Waals surface area contributed by atoms with Crippen molar-refractivity contribution in [3.05, 3.63) is 0 Å². The fourth-order valence-corrected chi connectivity index (χ4v) is 9.06. The molecule has 0 rings (SSSR count). The maximum Gasteiger partial charge on any atom is 0.673 e. The van der Waals surface area contributed by atoms with Gasteiger partial charge in [-0.15, -0.1) is 0 Å². The van der Waals surface area contributed by atoms with Gasteiger partial charge in [0.2, 0.25) is 0 Å². The van der Waals surface area contributed by atoms with E-state index in [1.54, 1.807) is 0 Å². The van der Waals surface area contributed by atoms with Crippen LogP contribution in [0.25, 0.3) is 0 Å². The molecule has 0 aromatic rings. The molecule has 0 aliphatic rings. The summed E-state index contributed by atoms with van der Waals surface area (Å²) >= 11 is 0. The molecule has 0 fully saturated rings. The second-order valence-electron chi connectivity index (χ2n) is 8.33. The second-order valence-corrected chi connectivity index (χ2v) is 13.0. The Bertz CT molecular complexity index is 319. The van der Waals surface area contributed by atoms with Crippen LogP contribution in [0.5, 0.6) is 0 Å². The van der Waals surface area contributed by atoms with Crippen molar-refractivity contribution < 1.29 is 51.8 Å². The first kappa shape index (κ1) is 35.2. The lowest BCUT2D eigenvalue weighted by Gasteiger charge is -2.49. The summed E-state index contributed by atoms with van der Waals surface area (Å²) in [5.41, 5.74) is 0. The van der Waals surface area contributed by atoms with Crippen LogP contribution in [0.3, 0.4) is 0 Å². The zero-order valence-corrected chi connectivity index (χ0v) is 18.1. The molecular weight excluding hydrogens is 436 g/mol. The molecule has 0 unspecified atom stereocenters. The van der Waals surface area contributed by atoms with E-state index in [4.69, 9.17) is 0 Å². The number of halogens is 12. The Morgan fingerprint density at radius 3 is 0.429 bits per heavy atom. The molecule has 0 aliphatic carbocycles. The van der Waals surface area contributed by atoms with Gasteiger partial charge in [-0.25, -0.2) is 0 Å². The van der Waals surface area contributed by atoms with Crippen LogP contribution in [0.15, 0.2) is 0 Å². The molecule has 0 nitrogen and oxygen atoms in total. The van der Waals surface area contributed by atoms with E-state index in [0.717, 1.165) is 0 Å². The zero-order chi connectivity index (χ0) is 24.6. The topological polar surface area (TPSA) is 0 Å². The van der Waals surface area contributed by atoms with E-state index < -0.39 is 21.8 Å². The molecule has 16 heteroatoms. The molecular formula is C12H27B3F12P-3. The molecule has 0 bridgehead atoms. The van der Waals surface area contributed by atoms with E-state index in [2.05, 4.69) is 62.3 Å². The summed E-state index contributed by atoms with van der Waals surface area (Å²) < 4.78 is 117. The highest BCUT2D eigenvalue weighted by molar-refractivity contribution is 7.62. The van der Waals surface area contributed by atoms with Gasteiger partial charge in [0, 0.05) is 0 Å². The summed E-state index contributed by atoms with van der Waals surface area (Å²) in [7, 11) is -18.0. The molecule has 0 saturated heterocycles. The van der Waals surface area contributed by atoms with Gasteiger partial charge in [0.05, 0.1) is 0 Å². The lowest BCUT2D eigenvalue weighted by Crippen LogP contribution is -2.34. The fraction of sp³-hybridized carbons (Fsp3) is 1.00. The van der Waals surface area contributed by atoms with Crippen molar-refractivity contribution in [2.75, 3.05) is 0 Å². The van der Waals surface area contributed by atoms with E-state index in [1.165, 1.54) is 0 Å². The van der Waals surface area contributed by atoms with Crippen molar-refractivity contribution in [1.82, 2.24) is 0 Å². The van der Waals surface area contributed by atoms with Crippen LogP contribution in [-0.4, -0.2) is 37.2 Å². The lowest BCUT2D eigenvalue weighted by molar-refractivity contribution is 0.366. The van der Waals surface area contributed by atoms with Gasteiger partial charge in [-0.1, -0.05) is 70.2 Å². The third-order valence-electron chi connectivity index (χ3n) is 2.01. The van der Waals surface area contributed by atoms with E-state index >= 15 is 0 Å². The number of rotatable bonds is 0. The summed E-state index contributed by atoms with van der Waals surface area (Å²) in [6, 6.07) is 0. The Balaban J connectivity index is -0.000000159. The summed E-state index contributed by atoms with van der Waals surface area (Å²) in [5, 5.41) is 1.35. The minimum atomic E-state index is -6.00. The average Bonchev–Trinajstić information content (AvgIpc) is 1.96. The maximum absolute atomic E-state index is 9.75.